The smallest absolute Gasteiger partial charge is 0.0897 e. The lowest BCUT2D eigenvalue weighted by atomic mass is 9.93. The van der Waals surface area contributed by atoms with Crippen molar-refractivity contribution < 1.29 is 0 Å². The first-order valence-corrected chi connectivity index (χ1v) is 8.14. The van der Waals surface area contributed by atoms with Crippen molar-refractivity contribution in [1.82, 2.24) is 15.2 Å². The lowest BCUT2D eigenvalue weighted by Gasteiger charge is -2.46. The second-order valence-corrected chi connectivity index (χ2v) is 7.82. The summed E-state index contributed by atoms with van der Waals surface area (Å²) in [7, 11) is 0. The molecule has 1 atom stereocenters. The third-order valence-corrected chi connectivity index (χ3v) is 4.72. The molecule has 0 aromatic carbocycles. The van der Waals surface area contributed by atoms with E-state index in [1.165, 1.54) is 17.1 Å². The molecule has 1 saturated heterocycles. The average Bonchev–Trinajstić information content (AvgIpc) is 2.69. The van der Waals surface area contributed by atoms with Gasteiger partial charge in [0.2, 0.25) is 0 Å². The molecule has 3 nitrogen and oxygen atoms in total. The van der Waals surface area contributed by atoms with Crippen LogP contribution in [0.25, 0.3) is 0 Å². The van der Waals surface area contributed by atoms with E-state index in [1.807, 2.05) is 0 Å². The van der Waals surface area contributed by atoms with E-state index in [-0.39, 0.29) is 5.54 Å². The molecule has 2 rings (SSSR count). The number of thiazole rings is 1. The Morgan fingerprint density at radius 1 is 1.53 bits per heavy atom. The van der Waals surface area contributed by atoms with Crippen LogP contribution in [0.1, 0.15) is 44.8 Å². The molecule has 0 radical (unpaired) electrons. The number of piperazine rings is 1. The molecule has 2 heterocycles. The third-order valence-electron chi connectivity index (χ3n) is 3.90. The van der Waals surface area contributed by atoms with Crippen molar-refractivity contribution in [2.24, 2.45) is 5.92 Å². The maximum Gasteiger partial charge on any atom is 0.0897 e. The summed E-state index contributed by atoms with van der Waals surface area (Å²) >= 11 is 1.75. The first kappa shape index (κ1) is 14.9. The van der Waals surface area contributed by atoms with Gasteiger partial charge in [0, 0.05) is 36.6 Å². The molecule has 4 heteroatoms. The van der Waals surface area contributed by atoms with Crippen molar-refractivity contribution in [2.75, 3.05) is 13.1 Å². The number of rotatable bonds is 4. The Morgan fingerprint density at radius 3 is 2.84 bits per heavy atom. The van der Waals surface area contributed by atoms with Crippen molar-refractivity contribution in [3.63, 3.8) is 0 Å². The number of hydrogen-bond donors (Lipinski definition) is 1. The van der Waals surface area contributed by atoms with E-state index < -0.39 is 0 Å². The molecule has 0 bridgehead atoms. The van der Waals surface area contributed by atoms with Crippen molar-refractivity contribution in [2.45, 2.75) is 59.2 Å². The minimum Gasteiger partial charge on any atom is -0.311 e. The van der Waals surface area contributed by atoms with Crippen LogP contribution in [0.5, 0.6) is 0 Å². The molecule has 0 spiro atoms. The van der Waals surface area contributed by atoms with Crippen LogP contribution in [-0.4, -0.2) is 34.6 Å². The Hall–Kier alpha value is -0.450. The fourth-order valence-electron chi connectivity index (χ4n) is 2.77. The molecular weight excluding hydrogens is 254 g/mol. The number of aromatic nitrogens is 1. The molecule has 1 fully saturated rings. The predicted octanol–water partition coefficient (Wildman–Crippen LogP) is 3.05. The third kappa shape index (κ3) is 4.01. The molecule has 1 N–H and O–H groups in total. The zero-order valence-corrected chi connectivity index (χ0v) is 13.7. The van der Waals surface area contributed by atoms with Crippen molar-refractivity contribution in [1.29, 1.82) is 0 Å². The largest absolute Gasteiger partial charge is 0.311 e. The Balaban J connectivity index is 2.02. The van der Waals surface area contributed by atoms with Crippen LogP contribution in [0.2, 0.25) is 0 Å². The van der Waals surface area contributed by atoms with Crippen LogP contribution < -0.4 is 5.32 Å². The summed E-state index contributed by atoms with van der Waals surface area (Å²) in [5.74, 6) is 0.752. The maximum atomic E-state index is 4.61. The fourth-order valence-corrected chi connectivity index (χ4v) is 3.37. The van der Waals surface area contributed by atoms with Gasteiger partial charge in [-0.1, -0.05) is 13.8 Å². The number of nitrogens with zero attached hydrogens (tertiary/aromatic N) is 2. The fraction of sp³-hybridized carbons (Fsp3) is 0.800. The topological polar surface area (TPSA) is 28.2 Å². The quantitative estimate of drug-likeness (QED) is 0.919. The highest BCUT2D eigenvalue weighted by atomic mass is 32.1. The van der Waals surface area contributed by atoms with E-state index in [0.717, 1.165) is 25.6 Å². The highest BCUT2D eigenvalue weighted by Gasteiger charge is 2.34. The van der Waals surface area contributed by atoms with Crippen LogP contribution >= 0.6 is 11.3 Å². The predicted molar refractivity (Wildman–Crippen MR) is 82.6 cm³/mol. The molecule has 0 saturated carbocycles. The minimum atomic E-state index is 0.213. The van der Waals surface area contributed by atoms with E-state index in [2.05, 4.69) is 55.2 Å². The Bertz CT molecular complexity index is 411. The molecule has 1 unspecified atom stereocenters. The van der Waals surface area contributed by atoms with Gasteiger partial charge in [0.25, 0.3) is 0 Å². The average molecular weight is 281 g/mol. The van der Waals surface area contributed by atoms with E-state index >= 15 is 0 Å². The molecule has 1 aliphatic heterocycles. The molecule has 19 heavy (non-hydrogen) atoms. The lowest BCUT2D eigenvalue weighted by Crippen LogP contribution is -2.61. The Morgan fingerprint density at radius 2 is 2.26 bits per heavy atom. The lowest BCUT2D eigenvalue weighted by molar-refractivity contribution is 0.0526. The van der Waals surface area contributed by atoms with Gasteiger partial charge < -0.3 is 5.32 Å². The summed E-state index contributed by atoms with van der Waals surface area (Å²) in [6.07, 6.45) is 1.25. The molecule has 108 valence electrons. The van der Waals surface area contributed by atoms with Crippen LogP contribution in [0, 0.1) is 12.8 Å². The van der Waals surface area contributed by atoms with Crippen LogP contribution in [0.15, 0.2) is 5.38 Å². The normalized spacial score (nSPS) is 24.0. The molecule has 1 aromatic rings. The monoisotopic (exact) mass is 281 g/mol. The second-order valence-electron chi connectivity index (χ2n) is 6.76. The highest BCUT2D eigenvalue weighted by molar-refractivity contribution is 7.09. The van der Waals surface area contributed by atoms with Crippen LogP contribution in [-0.2, 0) is 6.54 Å². The Labute approximate surface area is 121 Å². The summed E-state index contributed by atoms with van der Waals surface area (Å²) in [5, 5.41) is 7.07. The van der Waals surface area contributed by atoms with E-state index in [0.29, 0.717) is 6.04 Å². The van der Waals surface area contributed by atoms with Gasteiger partial charge in [0.15, 0.2) is 0 Å². The number of hydrogen-bond acceptors (Lipinski definition) is 4. The summed E-state index contributed by atoms with van der Waals surface area (Å²) in [6.45, 7) is 14.5. The molecule has 0 aliphatic carbocycles. The van der Waals surface area contributed by atoms with Crippen LogP contribution in [0.3, 0.4) is 0 Å². The minimum absolute atomic E-state index is 0.213. The molecular formula is C15H27N3S. The van der Waals surface area contributed by atoms with Gasteiger partial charge in [0.1, 0.15) is 0 Å². The van der Waals surface area contributed by atoms with Gasteiger partial charge in [-0.15, -0.1) is 11.3 Å². The zero-order valence-electron chi connectivity index (χ0n) is 12.9. The van der Waals surface area contributed by atoms with Crippen molar-refractivity contribution >= 4 is 11.3 Å². The summed E-state index contributed by atoms with van der Waals surface area (Å²) in [5.41, 5.74) is 1.44. The first-order valence-electron chi connectivity index (χ1n) is 7.26. The zero-order chi connectivity index (χ0) is 14.0. The summed E-state index contributed by atoms with van der Waals surface area (Å²) in [6, 6.07) is 0.618. The SMILES string of the molecule is Cc1nc(CN2CC(CC(C)C)NCC2(C)C)cs1. The van der Waals surface area contributed by atoms with Gasteiger partial charge in [-0.05, 0) is 33.1 Å². The molecule has 0 amide bonds. The highest BCUT2D eigenvalue weighted by Crippen LogP contribution is 2.24. The molecule has 1 aromatic heterocycles. The number of aryl methyl sites for hydroxylation is 1. The summed E-state index contributed by atoms with van der Waals surface area (Å²) < 4.78 is 0. The van der Waals surface area contributed by atoms with Crippen LogP contribution in [0.4, 0.5) is 0 Å². The second kappa shape index (κ2) is 5.90. The van der Waals surface area contributed by atoms with Crippen molar-refractivity contribution in [3.05, 3.63) is 16.1 Å². The van der Waals surface area contributed by atoms with Gasteiger partial charge in [-0.3, -0.25) is 4.90 Å². The summed E-state index contributed by atoms with van der Waals surface area (Å²) in [4.78, 5) is 7.20. The Kier molecular flexibility index (Phi) is 4.64. The van der Waals surface area contributed by atoms with Gasteiger partial charge in [0.05, 0.1) is 10.7 Å². The maximum absolute atomic E-state index is 4.61. The van der Waals surface area contributed by atoms with Gasteiger partial charge >= 0.3 is 0 Å². The number of nitrogens with one attached hydrogen (secondary N) is 1. The van der Waals surface area contributed by atoms with E-state index in [9.17, 15) is 0 Å². The van der Waals surface area contributed by atoms with Gasteiger partial charge in [-0.25, -0.2) is 4.98 Å². The first-order chi connectivity index (χ1) is 8.87. The van der Waals surface area contributed by atoms with Crippen molar-refractivity contribution in [3.8, 4) is 0 Å². The van der Waals surface area contributed by atoms with E-state index in [1.54, 1.807) is 11.3 Å². The van der Waals surface area contributed by atoms with E-state index in [4.69, 9.17) is 0 Å². The van der Waals surface area contributed by atoms with Gasteiger partial charge in [-0.2, -0.15) is 0 Å². The standard InChI is InChI=1S/C15H27N3S/c1-11(2)6-13-7-18(15(4,5)10-16-13)8-14-9-19-12(3)17-14/h9,11,13,16H,6-8,10H2,1-5H3. The molecule has 1 aliphatic rings.